The highest BCUT2D eigenvalue weighted by Crippen LogP contribution is 2.82. The molecule has 5 aliphatic carbocycles. The summed E-state index contributed by atoms with van der Waals surface area (Å²) in [6.45, 7) is 15.7. The number of carbonyl (C=O) groups is 1. The SMILES string of the molecule is CO[C@@H]1C[C@H]2[C@@H]3CC[C@H]([C@H](C)[C@H](C[C@@]4(C)OC4(C)C)OC(C)=O)[C@@]3(C)CC[C@@H]2[C@@]2(C)CC[C@H]3C[C@]312. The minimum absolute atomic E-state index is 0.0708. The van der Waals surface area contributed by atoms with Gasteiger partial charge in [0.05, 0.1) is 17.3 Å². The van der Waals surface area contributed by atoms with E-state index in [0.717, 1.165) is 30.1 Å². The van der Waals surface area contributed by atoms with Gasteiger partial charge < -0.3 is 14.2 Å². The number of epoxide rings is 1. The van der Waals surface area contributed by atoms with E-state index in [0.29, 0.717) is 34.2 Å². The number of carbonyl (C=O) groups excluding carboxylic acids is 1. The third-order valence-corrected chi connectivity index (χ3v) is 13.7. The Hall–Kier alpha value is -0.610. The number of hydrogen-bond donors (Lipinski definition) is 0. The summed E-state index contributed by atoms with van der Waals surface area (Å²) >= 11 is 0. The zero-order valence-electron chi connectivity index (χ0n) is 23.6. The predicted octanol–water partition coefficient (Wildman–Crippen LogP) is 6.80. The zero-order valence-corrected chi connectivity index (χ0v) is 23.6. The topological polar surface area (TPSA) is 48.1 Å². The maximum Gasteiger partial charge on any atom is 0.302 e. The van der Waals surface area contributed by atoms with E-state index >= 15 is 0 Å². The van der Waals surface area contributed by atoms with Gasteiger partial charge in [0.25, 0.3) is 0 Å². The van der Waals surface area contributed by atoms with Crippen LogP contribution in [-0.2, 0) is 19.0 Å². The summed E-state index contributed by atoms with van der Waals surface area (Å²) in [4.78, 5) is 12.2. The third-order valence-electron chi connectivity index (χ3n) is 13.7. The normalized spacial score (nSPS) is 54.6. The van der Waals surface area contributed by atoms with Gasteiger partial charge in [0, 0.05) is 25.9 Å². The van der Waals surface area contributed by atoms with Crippen LogP contribution in [0.2, 0.25) is 0 Å². The Kier molecular flexibility index (Phi) is 5.29. The van der Waals surface area contributed by atoms with Gasteiger partial charge in [-0.25, -0.2) is 0 Å². The first-order valence-corrected chi connectivity index (χ1v) is 14.7. The minimum atomic E-state index is -0.195. The smallest absolute Gasteiger partial charge is 0.302 e. The van der Waals surface area contributed by atoms with Gasteiger partial charge in [-0.15, -0.1) is 0 Å². The van der Waals surface area contributed by atoms with E-state index in [9.17, 15) is 4.79 Å². The van der Waals surface area contributed by atoms with Gasteiger partial charge in [-0.2, -0.15) is 0 Å². The molecule has 0 aromatic heterocycles. The molecule has 0 radical (unpaired) electrons. The van der Waals surface area contributed by atoms with Crippen LogP contribution in [0.4, 0.5) is 0 Å². The molecule has 1 saturated heterocycles. The summed E-state index contributed by atoms with van der Waals surface area (Å²) in [6.07, 6.45) is 12.1. The molecule has 0 aromatic rings. The lowest BCUT2D eigenvalue weighted by Gasteiger charge is -2.61. The number of ether oxygens (including phenoxy) is 3. The van der Waals surface area contributed by atoms with Crippen LogP contribution in [-0.4, -0.2) is 36.5 Å². The molecule has 5 saturated carbocycles. The van der Waals surface area contributed by atoms with Gasteiger partial charge in [0.15, 0.2) is 0 Å². The fourth-order valence-electron chi connectivity index (χ4n) is 11.5. The van der Waals surface area contributed by atoms with Gasteiger partial charge in [0.2, 0.25) is 0 Å². The van der Waals surface area contributed by atoms with E-state index in [1.807, 2.05) is 7.11 Å². The Morgan fingerprint density at radius 3 is 2.34 bits per heavy atom. The van der Waals surface area contributed by atoms with Crippen molar-refractivity contribution in [3.63, 3.8) is 0 Å². The van der Waals surface area contributed by atoms with Crippen LogP contribution in [0.1, 0.15) is 106 Å². The highest BCUT2D eigenvalue weighted by molar-refractivity contribution is 5.66. The Morgan fingerprint density at radius 2 is 1.74 bits per heavy atom. The Morgan fingerprint density at radius 1 is 1.03 bits per heavy atom. The molecule has 0 aromatic carbocycles. The molecular formula is C31H50O4. The second-order valence-corrected chi connectivity index (χ2v) is 15.0. The van der Waals surface area contributed by atoms with Crippen molar-refractivity contribution < 1.29 is 19.0 Å². The molecule has 198 valence electrons. The van der Waals surface area contributed by atoms with Crippen molar-refractivity contribution in [2.75, 3.05) is 7.11 Å². The standard InChI is InChI=1S/C31H50O4/c1-18(25(34-19(2)32)17-30(7)27(3,4)35-30)22-9-10-23-21-15-26(33-8)31-16-20(31)11-14-29(31,6)24(21)12-13-28(22,23)5/h18,20-26H,9-17H2,1-8H3/t18-,20-,21-,22+,23-,24-,25-,26+,28+,29+,30+,31-/m0/s1. The molecule has 12 atom stereocenters. The van der Waals surface area contributed by atoms with Crippen molar-refractivity contribution in [2.24, 2.45) is 51.8 Å². The molecule has 4 heteroatoms. The van der Waals surface area contributed by atoms with Crippen molar-refractivity contribution >= 4 is 5.97 Å². The largest absolute Gasteiger partial charge is 0.462 e. The molecule has 0 amide bonds. The van der Waals surface area contributed by atoms with Gasteiger partial charge in [0.1, 0.15) is 6.10 Å². The first-order chi connectivity index (χ1) is 16.3. The van der Waals surface area contributed by atoms with Crippen LogP contribution >= 0.6 is 0 Å². The van der Waals surface area contributed by atoms with Crippen molar-refractivity contribution in [1.29, 1.82) is 0 Å². The number of hydrogen-bond acceptors (Lipinski definition) is 4. The molecule has 1 heterocycles. The molecule has 0 unspecified atom stereocenters. The van der Waals surface area contributed by atoms with E-state index in [4.69, 9.17) is 14.2 Å². The molecule has 1 aliphatic heterocycles. The molecule has 6 aliphatic rings. The first kappa shape index (κ1) is 24.7. The quantitative estimate of drug-likeness (QED) is 0.306. The number of esters is 1. The second-order valence-electron chi connectivity index (χ2n) is 15.0. The second kappa shape index (κ2) is 7.49. The minimum Gasteiger partial charge on any atom is -0.462 e. The van der Waals surface area contributed by atoms with Gasteiger partial charge in [-0.1, -0.05) is 20.8 Å². The monoisotopic (exact) mass is 486 g/mol. The van der Waals surface area contributed by atoms with Crippen LogP contribution in [0, 0.1) is 51.8 Å². The highest BCUT2D eigenvalue weighted by Gasteiger charge is 2.77. The van der Waals surface area contributed by atoms with E-state index in [-0.39, 0.29) is 23.3 Å². The van der Waals surface area contributed by atoms with E-state index < -0.39 is 0 Å². The van der Waals surface area contributed by atoms with Gasteiger partial charge in [-0.05, 0) is 118 Å². The molecular weight excluding hydrogens is 436 g/mol. The number of methoxy groups -OCH3 is 1. The van der Waals surface area contributed by atoms with Gasteiger partial charge >= 0.3 is 5.97 Å². The average molecular weight is 487 g/mol. The molecule has 0 N–H and O–H groups in total. The number of fused-ring (bicyclic) bond motifs is 4. The lowest BCUT2D eigenvalue weighted by molar-refractivity contribution is -0.166. The van der Waals surface area contributed by atoms with Crippen LogP contribution < -0.4 is 0 Å². The Balaban J connectivity index is 1.25. The van der Waals surface area contributed by atoms with E-state index in [2.05, 4.69) is 41.5 Å². The van der Waals surface area contributed by atoms with E-state index in [1.54, 1.807) is 6.92 Å². The van der Waals surface area contributed by atoms with E-state index in [1.165, 1.54) is 51.4 Å². The molecule has 35 heavy (non-hydrogen) atoms. The first-order valence-electron chi connectivity index (χ1n) is 14.7. The summed E-state index contributed by atoms with van der Waals surface area (Å²) in [7, 11) is 1.99. The lowest BCUT2D eigenvalue weighted by atomic mass is 9.45. The summed E-state index contributed by atoms with van der Waals surface area (Å²) in [6, 6.07) is 0. The zero-order chi connectivity index (χ0) is 25.2. The van der Waals surface area contributed by atoms with Crippen molar-refractivity contribution in [3.05, 3.63) is 0 Å². The highest BCUT2D eigenvalue weighted by atomic mass is 16.6. The fourth-order valence-corrected chi connectivity index (χ4v) is 11.5. The maximum absolute atomic E-state index is 12.2. The maximum atomic E-state index is 12.2. The third kappa shape index (κ3) is 3.14. The van der Waals surface area contributed by atoms with Crippen LogP contribution in [0.15, 0.2) is 0 Å². The van der Waals surface area contributed by atoms with Crippen molar-refractivity contribution in [1.82, 2.24) is 0 Å². The molecule has 1 spiro atoms. The summed E-state index contributed by atoms with van der Waals surface area (Å²) in [5, 5.41) is 0. The lowest BCUT2D eigenvalue weighted by Crippen LogP contribution is -2.57. The Bertz CT molecular complexity index is 898. The number of rotatable bonds is 6. The van der Waals surface area contributed by atoms with Crippen LogP contribution in [0.3, 0.4) is 0 Å². The average Bonchev–Trinajstić information content (AvgIpc) is 3.50. The predicted molar refractivity (Wildman–Crippen MR) is 137 cm³/mol. The van der Waals surface area contributed by atoms with Crippen molar-refractivity contribution in [2.45, 2.75) is 130 Å². The summed E-state index contributed by atoms with van der Waals surface area (Å²) in [5.41, 5.74) is 0.987. The van der Waals surface area contributed by atoms with Crippen molar-refractivity contribution in [3.8, 4) is 0 Å². The fraction of sp³-hybridized carbons (Fsp3) is 0.968. The summed E-state index contributed by atoms with van der Waals surface area (Å²) < 4.78 is 18.5. The molecule has 6 fully saturated rings. The van der Waals surface area contributed by atoms with Gasteiger partial charge in [-0.3, -0.25) is 4.79 Å². The van der Waals surface area contributed by atoms with Crippen LogP contribution in [0.5, 0.6) is 0 Å². The summed E-state index contributed by atoms with van der Waals surface area (Å²) in [5.74, 6) is 4.18. The molecule has 0 bridgehead atoms. The molecule has 4 nitrogen and oxygen atoms in total. The molecule has 6 rings (SSSR count). The Labute approximate surface area is 213 Å². The van der Waals surface area contributed by atoms with Crippen LogP contribution in [0.25, 0.3) is 0 Å².